The number of piperazine rings is 1. The minimum absolute atomic E-state index is 0.0570. The van der Waals surface area contributed by atoms with Crippen molar-refractivity contribution < 1.29 is 9.53 Å². The molecule has 4 rings (SSSR count). The molecule has 3 aromatic carbocycles. The topological polar surface area (TPSA) is 32.8 Å². The van der Waals surface area contributed by atoms with Gasteiger partial charge in [0.15, 0.2) is 6.10 Å². The molecule has 1 fully saturated rings. The van der Waals surface area contributed by atoms with Crippen LogP contribution in [0.3, 0.4) is 0 Å². The van der Waals surface area contributed by atoms with Crippen LogP contribution in [0.4, 0.5) is 0 Å². The molecular weight excluding hydrogens is 396 g/mol. The van der Waals surface area contributed by atoms with Crippen LogP contribution in [-0.2, 0) is 4.79 Å². The molecule has 3 aromatic rings. The zero-order valence-electron chi connectivity index (χ0n) is 19.2. The normalized spacial score (nSPS) is 15.6. The molecule has 1 atom stereocenters. The Hall–Kier alpha value is -3.11. The fraction of sp³-hybridized carbons (Fsp3) is 0.321. The van der Waals surface area contributed by atoms with Crippen LogP contribution in [-0.4, -0.2) is 48.0 Å². The van der Waals surface area contributed by atoms with E-state index in [1.54, 1.807) is 0 Å². The summed E-state index contributed by atoms with van der Waals surface area (Å²) in [6, 6.07) is 27.4. The average molecular weight is 429 g/mol. The second-order valence-corrected chi connectivity index (χ2v) is 8.54. The molecule has 0 N–H and O–H groups in total. The molecule has 0 aliphatic carbocycles. The van der Waals surface area contributed by atoms with Crippen molar-refractivity contribution in [2.24, 2.45) is 0 Å². The summed E-state index contributed by atoms with van der Waals surface area (Å²) in [6.45, 7) is 9.02. The van der Waals surface area contributed by atoms with Crippen molar-refractivity contribution in [1.29, 1.82) is 0 Å². The van der Waals surface area contributed by atoms with Gasteiger partial charge in [0.1, 0.15) is 5.75 Å². The van der Waals surface area contributed by atoms with Crippen LogP contribution >= 0.6 is 0 Å². The molecule has 32 heavy (non-hydrogen) atoms. The van der Waals surface area contributed by atoms with Crippen LogP contribution in [0.5, 0.6) is 5.75 Å². The highest BCUT2D eigenvalue weighted by atomic mass is 16.5. The minimum Gasteiger partial charge on any atom is -0.481 e. The number of amides is 1. The Morgan fingerprint density at radius 2 is 1.34 bits per heavy atom. The van der Waals surface area contributed by atoms with Crippen molar-refractivity contribution in [1.82, 2.24) is 9.80 Å². The maximum absolute atomic E-state index is 13.1. The molecule has 0 unspecified atom stereocenters. The third-order valence-electron chi connectivity index (χ3n) is 6.43. The Kier molecular flexibility index (Phi) is 6.91. The summed E-state index contributed by atoms with van der Waals surface area (Å²) in [4.78, 5) is 17.5. The van der Waals surface area contributed by atoms with Crippen LogP contribution in [0.15, 0.2) is 78.9 Å². The Labute approximate surface area is 191 Å². The smallest absolute Gasteiger partial charge is 0.263 e. The molecular formula is C28H32N2O2. The van der Waals surface area contributed by atoms with Gasteiger partial charge < -0.3 is 9.64 Å². The van der Waals surface area contributed by atoms with Gasteiger partial charge in [0, 0.05) is 26.2 Å². The van der Waals surface area contributed by atoms with E-state index in [1.165, 1.54) is 16.7 Å². The SMILES string of the molecule is Cc1cccc(O[C@@H](C)C(=O)N2CCN(C(c3ccccc3)c3ccccc3)CC2)c1C. The maximum Gasteiger partial charge on any atom is 0.263 e. The number of carbonyl (C=O) groups is 1. The van der Waals surface area contributed by atoms with Crippen molar-refractivity contribution in [2.75, 3.05) is 26.2 Å². The quantitative estimate of drug-likeness (QED) is 0.554. The number of benzene rings is 3. The monoisotopic (exact) mass is 428 g/mol. The lowest BCUT2D eigenvalue weighted by molar-refractivity contribution is -0.140. The number of nitrogens with zero attached hydrogens (tertiary/aromatic N) is 2. The van der Waals surface area contributed by atoms with Gasteiger partial charge in [-0.05, 0) is 49.1 Å². The van der Waals surface area contributed by atoms with Crippen LogP contribution < -0.4 is 4.74 Å². The lowest BCUT2D eigenvalue weighted by Gasteiger charge is -2.40. The molecule has 166 valence electrons. The van der Waals surface area contributed by atoms with Crippen LogP contribution in [0.2, 0.25) is 0 Å². The Morgan fingerprint density at radius 3 is 1.91 bits per heavy atom. The maximum atomic E-state index is 13.1. The zero-order valence-corrected chi connectivity index (χ0v) is 19.2. The molecule has 0 aromatic heterocycles. The first-order valence-electron chi connectivity index (χ1n) is 11.4. The Morgan fingerprint density at radius 1 is 0.781 bits per heavy atom. The Balaban J connectivity index is 1.43. The molecule has 0 saturated carbocycles. The minimum atomic E-state index is -0.499. The molecule has 1 aliphatic rings. The average Bonchev–Trinajstić information content (AvgIpc) is 2.83. The fourth-order valence-corrected chi connectivity index (χ4v) is 4.44. The summed E-state index contributed by atoms with van der Waals surface area (Å²) in [5.41, 5.74) is 4.82. The van der Waals surface area contributed by atoms with Gasteiger partial charge in [-0.1, -0.05) is 72.8 Å². The summed E-state index contributed by atoms with van der Waals surface area (Å²) in [5.74, 6) is 0.847. The standard InChI is InChI=1S/C28H32N2O2/c1-21-11-10-16-26(22(21)2)32-23(3)28(31)30-19-17-29(18-20-30)27(24-12-6-4-7-13-24)25-14-8-5-9-15-25/h4-16,23,27H,17-20H2,1-3H3/t23-/m0/s1. The van der Waals surface area contributed by atoms with Gasteiger partial charge in [-0.15, -0.1) is 0 Å². The van der Waals surface area contributed by atoms with Crippen LogP contribution in [0.1, 0.15) is 35.2 Å². The number of rotatable bonds is 6. The molecule has 4 heteroatoms. The highest BCUT2D eigenvalue weighted by Crippen LogP contribution is 2.29. The number of hydrogen-bond acceptors (Lipinski definition) is 3. The van der Waals surface area contributed by atoms with E-state index in [1.807, 2.05) is 30.9 Å². The second kappa shape index (κ2) is 10.0. The number of ether oxygens (including phenoxy) is 1. The summed E-state index contributed by atoms with van der Waals surface area (Å²) in [7, 11) is 0. The first-order chi connectivity index (χ1) is 15.5. The van der Waals surface area contributed by atoms with Gasteiger partial charge in [0.2, 0.25) is 0 Å². The van der Waals surface area contributed by atoms with Gasteiger partial charge in [0.25, 0.3) is 5.91 Å². The van der Waals surface area contributed by atoms with Gasteiger partial charge >= 0.3 is 0 Å². The van der Waals surface area contributed by atoms with E-state index in [0.717, 1.165) is 24.4 Å². The number of hydrogen-bond donors (Lipinski definition) is 0. The van der Waals surface area contributed by atoms with Crippen molar-refractivity contribution in [3.05, 3.63) is 101 Å². The molecule has 1 amide bonds. The van der Waals surface area contributed by atoms with Crippen molar-refractivity contribution in [3.63, 3.8) is 0 Å². The zero-order chi connectivity index (χ0) is 22.5. The lowest BCUT2D eigenvalue weighted by Crippen LogP contribution is -2.52. The molecule has 1 saturated heterocycles. The van der Waals surface area contributed by atoms with Crippen molar-refractivity contribution in [3.8, 4) is 5.75 Å². The fourth-order valence-electron chi connectivity index (χ4n) is 4.44. The summed E-state index contributed by atoms with van der Waals surface area (Å²) in [5, 5.41) is 0. The summed E-state index contributed by atoms with van der Waals surface area (Å²) < 4.78 is 6.05. The van der Waals surface area contributed by atoms with Crippen LogP contribution in [0, 0.1) is 13.8 Å². The van der Waals surface area contributed by atoms with Crippen molar-refractivity contribution in [2.45, 2.75) is 32.9 Å². The molecule has 0 bridgehead atoms. The van der Waals surface area contributed by atoms with Gasteiger partial charge in [-0.25, -0.2) is 0 Å². The van der Waals surface area contributed by atoms with E-state index in [0.29, 0.717) is 13.1 Å². The van der Waals surface area contributed by atoms with E-state index >= 15 is 0 Å². The van der Waals surface area contributed by atoms with E-state index in [4.69, 9.17) is 4.74 Å². The van der Waals surface area contributed by atoms with Crippen LogP contribution in [0.25, 0.3) is 0 Å². The van der Waals surface area contributed by atoms with Crippen molar-refractivity contribution >= 4 is 5.91 Å². The van der Waals surface area contributed by atoms with Gasteiger partial charge in [-0.2, -0.15) is 0 Å². The molecule has 0 spiro atoms. The first kappa shape index (κ1) is 22.1. The second-order valence-electron chi connectivity index (χ2n) is 8.54. The highest BCUT2D eigenvalue weighted by Gasteiger charge is 2.30. The largest absolute Gasteiger partial charge is 0.481 e. The summed E-state index contributed by atoms with van der Waals surface area (Å²) >= 11 is 0. The third kappa shape index (κ3) is 4.86. The first-order valence-corrected chi connectivity index (χ1v) is 11.4. The molecule has 1 heterocycles. The summed E-state index contributed by atoms with van der Waals surface area (Å²) in [6.07, 6.45) is -0.499. The third-order valence-corrected chi connectivity index (χ3v) is 6.43. The molecule has 4 nitrogen and oxygen atoms in total. The van der Waals surface area contributed by atoms with E-state index in [9.17, 15) is 4.79 Å². The van der Waals surface area contributed by atoms with E-state index < -0.39 is 6.10 Å². The van der Waals surface area contributed by atoms with E-state index in [2.05, 4.69) is 78.6 Å². The van der Waals surface area contributed by atoms with Gasteiger partial charge in [-0.3, -0.25) is 9.69 Å². The van der Waals surface area contributed by atoms with Gasteiger partial charge in [0.05, 0.1) is 6.04 Å². The predicted molar refractivity (Wildman–Crippen MR) is 129 cm³/mol. The van der Waals surface area contributed by atoms with E-state index in [-0.39, 0.29) is 11.9 Å². The number of carbonyl (C=O) groups excluding carboxylic acids is 1. The Bertz CT molecular complexity index is 988. The molecule has 1 aliphatic heterocycles. The number of aryl methyl sites for hydroxylation is 1. The molecule has 0 radical (unpaired) electrons. The highest BCUT2D eigenvalue weighted by molar-refractivity contribution is 5.81. The predicted octanol–water partition coefficient (Wildman–Crippen LogP) is 5.00. The lowest BCUT2D eigenvalue weighted by atomic mass is 9.96.